The van der Waals surface area contributed by atoms with Gasteiger partial charge in [0.05, 0.1) is 4.47 Å². The van der Waals surface area contributed by atoms with E-state index in [1.807, 2.05) is 0 Å². The summed E-state index contributed by atoms with van der Waals surface area (Å²) < 4.78 is 26.6. The van der Waals surface area contributed by atoms with Crippen molar-refractivity contribution in [1.29, 1.82) is 0 Å². The SMILES string of the molecule is CC(CCN)c1c(O)c(Br)cc(F)c1F. The van der Waals surface area contributed by atoms with Crippen LogP contribution in [0, 0.1) is 11.6 Å². The molecular formula is C10H12BrF2NO. The fourth-order valence-corrected chi connectivity index (χ4v) is 1.86. The number of benzene rings is 1. The molecule has 0 amide bonds. The van der Waals surface area contributed by atoms with Gasteiger partial charge in [0.15, 0.2) is 11.6 Å². The van der Waals surface area contributed by atoms with Gasteiger partial charge < -0.3 is 10.8 Å². The number of phenols is 1. The highest BCUT2D eigenvalue weighted by Crippen LogP contribution is 2.37. The molecule has 0 radical (unpaired) electrons. The van der Waals surface area contributed by atoms with Gasteiger partial charge in [-0.2, -0.15) is 0 Å². The largest absolute Gasteiger partial charge is 0.506 e. The van der Waals surface area contributed by atoms with Crippen LogP contribution in [0.25, 0.3) is 0 Å². The molecule has 0 aromatic heterocycles. The van der Waals surface area contributed by atoms with E-state index < -0.39 is 11.6 Å². The van der Waals surface area contributed by atoms with Gasteiger partial charge in [0.25, 0.3) is 0 Å². The first-order valence-electron chi connectivity index (χ1n) is 4.55. The van der Waals surface area contributed by atoms with E-state index in [-0.39, 0.29) is 21.7 Å². The van der Waals surface area contributed by atoms with E-state index >= 15 is 0 Å². The van der Waals surface area contributed by atoms with E-state index in [4.69, 9.17) is 5.73 Å². The van der Waals surface area contributed by atoms with Gasteiger partial charge in [-0.05, 0) is 40.9 Å². The maximum Gasteiger partial charge on any atom is 0.166 e. The van der Waals surface area contributed by atoms with E-state index in [1.54, 1.807) is 6.92 Å². The number of phenolic OH excluding ortho intramolecular Hbond substituents is 1. The number of rotatable bonds is 3. The molecule has 2 nitrogen and oxygen atoms in total. The van der Waals surface area contributed by atoms with Gasteiger partial charge in [0, 0.05) is 5.56 Å². The second-order valence-corrected chi connectivity index (χ2v) is 4.25. The highest BCUT2D eigenvalue weighted by molar-refractivity contribution is 9.10. The van der Waals surface area contributed by atoms with Crippen LogP contribution < -0.4 is 5.73 Å². The Balaban J connectivity index is 3.26. The molecule has 84 valence electrons. The smallest absolute Gasteiger partial charge is 0.166 e. The lowest BCUT2D eigenvalue weighted by Crippen LogP contribution is -2.07. The normalized spacial score (nSPS) is 12.9. The number of hydrogen-bond donors (Lipinski definition) is 2. The quantitative estimate of drug-likeness (QED) is 0.836. The Morgan fingerprint density at radius 2 is 2.13 bits per heavy atom. The Bertz CT molecular complexity index is 345. The van der Waals surface area contributed by atoms with Crippen LogP contribution in [0.15, 0.2) is 10.5 Å². The molecular weight excluding hydrogens is 268 g/mol. The lowest BCUT2D eigenvalue weighted by atomic mass is 9.96. The van der Waals surface area contributed by atoms with Crippen molar-refractivity contribution >= 4 is 15.9 Å². The van der Waals surface area contributed by atoms with Crippen LogP contribution in [0.4, 0.5) is 8.78 Å². The van der Waals surface area contributed by atoms with Crippen LogP contribution in [0.3, 0.4) is 0 Å². The van der Waals surface area contributed by atoms with E-state index in [2.05, 4.69) is 15.9 Å². The molecule has 1 unspecified atom stereocenters. The van der Waals surface area contributed by atoms with Gasteiger partial charge in [-0.3, -0.25) is 0 Å². The van der Waals surface area contributed by atoms with Gasteiger partial charge in [-0.25, -0.2) is 8.78 Å². The summed E-state index contributed by atoms with van der Waals surface area (Å²) in [4.78, 5) is 0. The molecule has 0 spiro atoms. The highest BCUT2D eigenvalue weighted by Gasteiger charge is 2.21. The van der Waals surface area contributed by atoms with Gasteiger partial charge >= 0.3 is 0 Å². The Labute approximate surface area is 95.2 Å². The molecule has 0 bridgehead atoms. The Kier molecular flexibility index (Phi) is 4.04. The summed E-state index contributed by atoms with van der Waals surface area (Å²) in [6.07, 6.45) is 0.486. The van der Waals surface area contributed by atoms with Gasteiger partial charge in [0.1, 0.15) is 5.75 Å². The third kappa shape index (κ3) is 2.46. The first kappa shape index (κ1) is 12.4. The van der Waals surface area contributed by atoms with Crippen LogP contribution in [0.5, 0.6) is 5.75 Å². The molecule has 1 atom stereocenters. The van der Waals surface area contributed by atoms with Crippen molar-refractivity contribution < 1.29 is 13.9 Å². The Morgan fingerprint density at radius 1 is 1.53 bits per heavy atom. The van der Waals surface area contributed by atoms with E-state index in [1.165, 1.54) is 0 Å². The first-order valence-corrected chi connectivity index (χ1v) is 5.34. The maximum absolute atomic E-state index is 13.4. The predicted octanol–water partition coefficient (Wildman–Crippen LogP) is 2.89. The topological polar surface area (TPSA) is 46.2 Å². The molecule has 5 heteroatoms. The number of aromatic hydroxyl groups is 1. The number of nitrogens with two attached hydrogens (primary N) is 1. The molecule has 3 N–H and O–H groups in total. The van der Waals surface area contributed by atoms with E-state index in [0.717, 1.165) is 6.07 Å². The summed E-state index contributed by atoms with van der Waals surface area (Å²) in [5, 5.41) is 9.61. The van der Waals surface area contributed by atoms with Gasteiger partial charge in [-0.15, -0.1) is 0 Å². The molecule has 0 saturated heterocycles. The first-order chi connectivity index (χ1) is 6.99. The summed E-state index contributed by atoms with van der Waals surface area (Å²) in [6.45, 7) is 2.05. The molecule has 1 aromatic carbocycles. The second kappa shape index (κ2) is 4.90. The van der Waals surface area contributed by atoms with Crippen LogP contribution in [0.1, 0.15) is 24.8 Å². The van der Waals surface area contributed by atoms with Crippen LogP contribution >= 0.6 is 15.9 Å². The standard InChI is InChI=1S/C10H12BrF2NO/c1-5(2-3-14)8-9(13)7(12)4-6(11)10(8)15/h4-5,15H,2-3,14H2,1H3. The highest BCUT2D eigenvalue weighted by atomic mass is 79.9. The molecule has 0 aliphatic heterocycles. The summed E-state index contributed by atoms with van der Waals surface area (Å²) in [5.41, 5.74) is 5.31. The zero-order valence-electron chi connectivity index (χ0n) is 8.23. The van der Waals surface area contributed by atoms with Crippen molar-refractivity contribution in [2.24, 2.45) is 5.73 Å². The third-order valence-corrected chi connectivity index (χ3v) is 2.88. The fourth-order valence-electron chi connectivity index (χ4n) is 1.45. The van der Waals surface area contributed by atoms with Crippen molar-refractivity contribution in [3.05, 3.63) is 27.7 Å². The van der Waals surface area contributed by atoms with E-state index in [9.17, 15) is 13.9 Å². The lowest BCUT2D eigenvalue weighted by Gasteiger charge is -2.14. The minimum atomic E-state index is -1.00. The molecule has 0 saturated carbocycles. The molecule has 0 heterocycles. The zero-order valence-corrected chi connectivity index (χ0v) is 9.81. The van der Waals surface area contributed by atoms with Crippen molar-refractivity contribution in [3.63, 3.8) is 0 Å². The molecule has 1 aromatic rings. The predicted molar refractivity (Wildman–Crippen MR) is 57.8 cm³/mol. The van der Waals surface area contributed by atoms with Crippen LogP contribution in [0.2, 0.25) is 0 Å². The summed E-state index contributed by atoms with van der Waals surface area (Å²) >= 11 is 2.96. The zero-order chi connectivity index (χ0) is 11.6. The van der Waals surface area contributed by atoms with Crippen molar-refractivity contribution in [2.45, 2.75) is 19.3 Å². The van der Waals surface area contributed by atoms with Crippen molar-refractivity contribution in [3.8, 4) is 5.75 Å². The molecule has 0 fully saturated rings. The molecule has 15 heavy (non-hydrogen) atoms. The average molecular weight is 280 g/mol. The van der Waals surface area contributed by atoms with Gasteiger partial charge in [0.2, 0.25) is 0 Å². The summed E-state index contributed by atoms with van der Waals surface area (Å²) in [5.74, 6) is -2.55. The second-order valence-electron chi connectivity index (χ2n) is 3.39. The summed E-state index contributed by atoms with van der Waals surface area (Å²) in [7, 11) is 0. The van der Waals surface area contributed by atoms with Crippen molar-refractivity contribution in [2.75, 3.05) is 6.54 Å². The Hall–Kier alpha value is -0.680. The van der Waals surface area contributed by atoms with E-state index in [0.29, 0.717) is 13.0 Å². The van der Waals surface area contributed by atoms with Crippen LogP contribution in [-0.2, 0) is 0 Å². The minimum Gasteiger partial charge on any atom is -0.506 e. The van der Waals surface area contributed by atoms with Crippen LogP contribution in [-0.4, -0.2) is 11.7 Å². The Morgan fingerprint density at radius 3 is 2.67 bits per heavy atom. The number of hydrogen-bond acceptors (Lipinski definition) is 2. The van der Waals surface area contributed by atoms with Gasteiger partial charge in [-0.1, -0.05) is 6.92 Å². The third-order valence-electron chi connectivity index (χ3n) is 2.27. The number of halogens is 3. The van der Waals surface area contributed by atoms with Crippen molar-refractivity contribution in [1.82, 2.24) is 0 Å². The monoisotopic (exact) mass is 279 g/mol. The average Bonchev–Trinajstić information content (AvgIpc) is 2.16. The summed E-state index contributed by atoms with van der Waals surface area (Å²) in [6, 6.07) is 0.906. The molecule has 0 aliphatic rings. The molecule has 1 rings (SSSR count). The maximum atomic E-state index is 13.4. The lowest BCUT2D eigenvalue weighted by molar-refractivity contribution is 0.427. The fraction of sp³-hybridized carbons (Fsp3) is 0.400. The molecule has 0 aliphatic carbocycles. The minimum absolute atomic E-state index is 0.0210.